The Morgan fingerprint density at radius 2 is 2.10 bits per heavy atom. The molecule has 106 valence electrons. The van der Waals surface area contributed by atoms with Crippen LogP contribution in [0.5, 0.6) is 0 Å². The van der Waals surface area contributed by atoms with Crippen LogP contribution in [-0.4, -0.2) is 32.7 Å². The van der Waals surface area contributed by atoms with Gasteiger partial charge in [-0.15, -0.1) is 0 Å². The Balaban J connectivity index is 1.84. The topological polar surface area (TPSA) is 52.8 Å². The van der Waals surface area contributed by atoms with Gasteiger partial charge in [-0.2, -0.15) is 0 Å². The summed E-state index contributed by atoms with van der Waals surface area (Å²) < 4.78 is 7.54. The molecule has 0 radical (unpaired) electrons. The van der Waals surface area contributed by atoms with E-state index < -0.39 is 0 Å². The second kappa shape index (κ2) is 5.26. The van der Waals surface area contributed by atoms with Gasteiger partial charge in [0, 0.05) is 32.0 Å². The van der Waals surface area contributed by atoms with Crippen LogP contribution in [0.15, 0.2) is 42.7 Å². The fraction of sp³-hybridized carbons (Fsp3) is 0.312. The molecule has 5 nitrogen and oxygen atoms in total. The summed E-state index contributed by atoms with van der Waals surface area (Å²) in [7, 11) is 0. The number of rotatable bonds is 3. The summed E-state index contributed by atoms with van der Waals surface area (Å²) in [5, 5.41) is 0. The van der Waals surface area contributed by atoms with Crippen LogP contribution < -0.4 is 0 Å². The number of ether oxygens (including phenoxy) is 1. The summed E-state index contributed by atoms with van der Waals surface area (Å²) >= 11 is 0. The van der Waals surface area contributed by atoms with Gasteiger partial charge >= 0.3 is 0 Å². The van der Waals surface area contributed by atoms with Crippen LogP contribution >= 0.6 is 0 Å². The predicted octanol–water partition coefficient (Wildman–Crippen LogP) is 2.39. The maximum atomic E-state index is 5.48. The van der Waals surface area contributed by atoms with E-state index in [9.17, 15) is 0 Å². The van der Waals surface area contributed by atoms with E-state index in [4.69, 9.17) is 9.72 Å². The molecule has 0 N–H and O–H groups in total. The molecule has 1 aliphatic heterocycles. The van der Waals surface area contributed by atoms with Gasteiger partial charge in [0.2, 0.25) is 0 Å². The molecule has 0 bridgehead atoms. The second-order valence-electron chi connectivity index (χ2n) is 5.33. The molecule has 0 aliphatic carbocycles. The summed E-state index contributed by atoms with van der Waals surface area (Å²) in [5.41, 5.74) is 1.78. The minimum absolute atomic E-state index is 0.532. The molecule has 5 heteroatoms. The van der Waals surface area contributed by atoms with Gasteiger partial charge in [-0.3, -0.25) is 4.57 Å². The van der Waals surface area contributed by atoms with Gasteiger partial charge in [0.05, 0.1) is 0 Å². The summed E-state index contributed by atoms with van der Waals surface area (Å²) in [4.78, 5) is 13.7. The first-order valence-corrected chi connectivity index (χ1v) is 7.23. The fourth-order valence-electron chi connectivity index (χ4n) is 2.83. The van der Waals surface area contributed by atoms with Gasteiger partial charge in [-0.25, -0.2) is 15.0 Å². The first-order valence-electron chi connectivity index (χ1n) is 7.23. The Kier molecular flexibility index (Phi) is 3.12. The van der Waals surface area contributed by atoms with E-state index in [1.54, 1.807) is 12.4 Å². The lowest BCUT2D eigenvalue weighted by atomic mass is 10.1. The first kappa shape index (κ1) is 12.5. The Labute approximate surface area is 122 Å². The van der Waals surface area contributed by atoms with Gasteiger partial charge in [0.15, 0.2) is 5.65 Å². The van der Waals surface area contributed by atoms with Gasteiger partial charge in [-0.1, -0.05) is 6.07 Å². The molecule has 1 aliphatic rings. The van der Waals surface area contributed by atoms with E-state index in [2.05, 4.69) is 14.5 Å². The number of nitrogens with zero attached hydrogens (tertiary/aromatic N) is 4. The van der Waals surface area contributed by atoms with Gasteiger partial charge in [-0.05, 0) is 36.6 Å². The lowest BCUT2D eigenvalue weighted by Crippen LogP contribution is -2.10. The summed E-state index contributed by atoms with van der Waals surface area (Å²) in [5.74, 6) is 2.41. The van der Waals surface area contributed by atoms with E-state index in [1.807, 2.05) is 30.3 Å². The van der Waals surface area contributed by atoms with Crippen molar-refractivity contribution >= 4 is 11.2 Å². The van der Waals surface area contributed by atoms with E-state index in [0.29, 0.717) is 5.92 Å². The van der Waals surface area contributed by atoms with Crippen molar-refractivity contribution in [3.8, 4) is 5.82 Å². The number of hydrogen-bond acceptors (Lipinski definition) is 4. The Morgan fingerprint density at radius 1 is 1.14 bits per heavy atom. The zero-order valence-electron chi connectivity index (χ0n) is 11.6. The van der Waals surface area contributed by atoms with E-state index >= 15 is 0 Å². The van der Waals surface area contributed by atoms with Crippen LogP contribution in [0.4, 0.5) is 0 Å². The lowest BCUT2D eigenvalue weighted by Gasteiger charge is -2.10. The molecule has 0 spiro atoms. The largest absolute Gasteiger partial charge is 0.381 e. The molecular formula is C16H16N4O. The molecule has 1 unspecified atom stereocenters. The summed E-state index contributed by atoms with van der Waals surface area (Å²) in [6.07, 6.45) is 5.59. The van der Waals surface area contributed by atoms with Crippen LogP contribution in [0.2, 0.25) is 0 Å². The summed E-state index contributed by atoms with van der Waals surface area (Å²) in [6, 6.07) is 9.81. The van der Waals surface area contributed by atoms with E-state index in [0.717, 1.165) is 48.9 Å². The second-order valence-corrected chi connectivity index (χ2v) is 5.33. The Bertz CT molecular complexity index is 747. The molecule has 1 fully saturated rings. The quantitative estimate of drug-likeness (QED) is 0.739. The highest BCUT2D eigenvalue weighted by atomic mass is 16.5. The minimum atomic E-state index is 0.532. The highest BCUT2D eigenvalue weighted by molar-refractivity contribution is 5.73. The Hall–Kier alpha value is -2.27. The SMILES string of the molecule is c1ccc(-n2c(CC3CCOC3)nc3cccnc32)nc1. The van der Waals surface area contributed by atoms with Crippen LogP contribution in [0.25, 0.3) is 17.0 Å². The van der Waals surface area contributed by atoms with Crippen molar-refractivity contribution in [2.24, 2.45) is 5.92 Å². The first-order chi connectivity index (χ1) is 10.4. The fourth-order valence-corrected chi connectivity index (χ4v) is 2.83. The zero-order valence-corrected chi connectivity index (χ0v) is 11.6. The van der Waals surface area contributed by atoms with Crippen molar-refractivity contribution in [2.45, 2.75) is 12.8 Å². The molecule has 3 aromatic heterocycles. The number of pyridine rings is 2. The molecule has 1 saturated heterocycles. The molecule has 0 saturated carbocycles. The molecule has 0 aromatic carbocycles. The van der Waals surface area contributed by atoms with Crippen molar-refractivity contribution in [1.29, 1.82) is 0 Å². The van der Waals surface area contributed by atoms with Crippen molar-refractivity contribution in [2.75, 3.05) is 13.2 Å². The van der Waals surface area contributed by atoms with E-state index in [1.165, 1.54) is 0 Å². The smallest absolute Gasteiger partial charge is 0.165 e. The third kappa shape index (κ3) is 2.29. The van der Waals surface area contributed by atoms with Crippen molar-refractivity contribution < 1.29 is 4.74 Å². The average molecular weight is 280 g/mol. The van der Waals surface area contributed by atoms with Crippen LogP contribution in [0.3, 0.4) is 0 Å². The van der Waals surface area contributed by atoms with Crippen LogP contribution in [0.1, 0.15) is 12.2 Å². The van der Waals surface area contributed by atoms with Crippen LogP contribution in [-0.2, 0) is 11.2 Å². The van der Waals surface area contributed by atoms with E-state index in [-0.39, 0.29) is 0 Å². The zero-order chi connectivity index (χ0) is 14.1. The third-order valence-electron chi connectivity index (χ3n) is 3.86. The average Bonchev–Trinajstić information content (AvgIpc) is 3.15. The molecule has 4 rings (SSSR count). The van der Waals surface area contributed by atoms with Gasteiger partial charge < -0.3 is 4.74 Å². The number of imidazole rings is 1. The minimum Gasteiger partial charge on any atom is -0.381 e. The Morgan fingerprint density at radius 3 is 2.90 bits per heavy atom. The molecular weight excluding hydrogens is 264 g/mol. The highest BCUT2D eigenvalue weighted by Crippen LogP contribution is 2.23. The third-order valence-corrected chi connectivity index (χ3v) is 3.86. The van der Waals surface area contributed by atoms with Crippen molar-refractivity contribution in [1.82, 2.24) is 19.5 Å². The molecule has 21 heavy (non-hydrogen) atoms. The molecule has 4 heterocycles. The van der Waals surface area contributed by atoms with Crippen molar-refractivity contribution in [3.63, 3.8) is 0 Å². The van der Waals surface area contributed by atoms with Crippen LogP contribution in [0, 0.1) is 5.92 Å². The normalized spacial score (nSPS) is 18.4. The lowest BCUT2D eigenvalue weighted by molar-refractivity contribution is 0.185. The molecule has 1 atom stereocenters. The monoisotopic (exact) mass is 280 g/mol. The standard InChI is InChI=1S/C16H16N4O/c1-2-7-17-14(5-1)20-15(10-12-6-9-21-11-12)19-13-4-3-8-18-16(13)20/h1-5,7-8,12H,6,9-11H2. The van der Waals surface area contributed by atoms with Gasteiger partial charge in [0.25, 0.3) is 0 Å². The maximum Gasteiger partial charge on any atom is 0.165 e. The van der Waals surface area contributed by atoms with Gasteiger partial charge in [0.1, 0.15) is 17.2 Å². The molecule has 3 aromatic rings. The number of aromatic nitrogens is 4. The summed E-state index contributed by atoms with van der Waals surface area (Å²) in [6.45, 7) is 1.67. The highest BCUT2D eigenvalue weighted by Gasteiger charge is 2.21. The molecule has 0 amide bonds. The maximum absolute atomic E-state index is 5.48. The van der Waals surface area contributed by atoms with Crippen molar-refractivity contribution in [3.05, 3.63) is 48.5 Å². The predicted molar refractivity (Wildman–Crippen MR) is 79.3 cm³/mol. The number of fused-ring (bicyclic) bond motifs is 1. The number of hydrogen-bond donors (Lipinski definition) is 0.